The smallest absolute Gasteiger partial charge is 0.335 e. The lowest BCUT2D eigenvalue weighted by Gasteiger charge is -2.38. The summed E-state index contributed by atoms with van der Waals surface area (Å²) in [4.78, 5) is 107. The van der Waals surface area contributed by atoms with E-state index in [1.54, 1.807) is 12.4 Å². The highest BCUT2D eigenvalue weighted by Gasteiger charge is 2.45. The number of benzene rings is 4. The van der Waals surface area contributed by atoms with Gasteiger partial charge in [0.2, 0.25) is 0 Å². The first-order valence-corrected chi connectivity index (χ1v) is 21.8. The topological polar surface area (TPSA) is 314 Å². The molecular weight excluding hydrogens is 989 g/mol. The number of rotatable bonds is 15. The van der Waals surface area contributed by atoms with Gasteiger partial charge in [-0.15, -0.1) is 0 Å². The summed E-state index contributed by atoms with van der Waals surface area (Å²) in [6.45, 7) is 9.31. The maximum atomic E-state index is 11.9. The second-order valence-corrected chi connectivity index (χ2v) is 15.0. The van der Waals surface area contributed by atoms with Crippen LogP contribution in [-0.2, 0) is 38.4 Å². The number of carbonyl (C=O) groups is 9. The maximum absolute atomic E-state index is 11.9. The molecule has 0 amide bonds. The second-order valence-electron chi connectivity index (χ2n) is 15.0. The number of carbonyl (C=O) groups excluding carboxylic acids is 8. The molecule has 1 heterocycles. The third-order valence-corrected chi connectivity index (χ3v) is 8.65. The van der Waals surface area contributed by atoms with Crippen molar-refractivity contribution in [1.29, 1.82) is 0 Å². The summed E-state index contributed by atoms with van der Waals surface area (Å²) in [7, 11) is 0. The number of pyridine rings is 1. The van der Waals surface area contributed by atoms with Crippen molar-refractivity contribution in [1.82, 2.24) is 4.98 Å². The lowest BCUT2D eigenvalue weighted by atomic mass is 9.99. The molecule has 23 nitrogen and oxygen atoms in total. The molecule has 1 atom stereocenters. The van der Waals surface area contributed by atoms with Gasteiger partial charge in [0.05, 0.1) is 5.56 Å². The number of aromatic carboxylic acids is 1. The van der Waals surface area contributed by atoms with Crippen LogP contribution in [0.15, 0.2) is 127 Å². The van der Waals surface area contributed by atoms with Crippen LogP contribution in [0.5, 0.6) is 63.2 Å². The Morgan fingerprint density at radius 3 is 1.12 bits per heavy atom. The zero-order valence-electron chi connectivity index (χ0n) is 41.3. The lowest BCUT2D eigenvalue weighted by Crippen LogP contribution is -2.58. The molecule has 1 unspecified atom stereocenters. The van der Waals surface area contributed by atoms with Crippen LogP contribution in [0.3, 0.4) is 0 Å². The fourth-order valence-corrected chi connectivity index (χ4v) is 6.00. The minimum atomic E-state index is -1.99. The van der Waals surface area contributed by atoms with Crippen LogP contribution in [0.25, 0.3) is 0 Å². The van der Waals surface area contributed by atoms with Crippen molar-refractivity contribution in [2.24, 2.45) is 5.73 Å². The molecule has 0 radical (unpaired) electrons. The number of aromatic nitrogens is 1. The van der Waals surface area contributed by atoms with Crippen molar-refractivity contribution in [2.75, 3.05) is 0 Å². The van der Waals surface area contributed by atoms with Crippen LogP contribution in [0.2, 0.25) is 0 Å². The molecule has 1 aliphatic carbocycles. The summed E-state index contributed by atoms with van der Waals surface area (Å²) >= 11 is 0. The molecule has 4 aromatic carbocycles. The Balaban J connectivity index is 0.000000432. The molecule has 1 aromatic heterocycles. The van der Waals surface area contributed by atoms with Crippen LogP contribution in [0.4, 0.5) is 0 Å². The van der Waals surface area contributed by atoms with E-state index < -0.39 is 65.6 Å². The van der Waals surface area contributed by atoms with Crippen LogP contribution >= 0.6 is 0 Å². The minimum Gasteiger partial charge on any atom is -0.478 e. The fourth-order valence-electron chi connectivity index (χ4n) is 6.00. The van der Waals surface area contributed by atoms with E-state index in [-0.39, 0.29) is 74.6 Å². The molecule has 0 aliphatic heterocycles. The molecule has 0 fully saturated rings. The third-order valence-electron chi connectivity index (χ3n) is 8.65. The minimum absolute atomic E-state index is 0.00213. The molecule has 0 saturated carbocycles. The highest BCUT2D eigenvalue weighted by Crippen LogP contribution is 2.40. The summed E-state index contributed by atoms with van der Waals surface area (Å²) in [5, 5.41) is 8.77. The van der Waals surface area contributed by atoms with E-state index in [0.29, 0.717) is 0 Å². The number of ether oxygens (including phenoxy) is 11. The molecule has 392 valence electrons. The highest BCUT2D eigenvalue weighted by molar-refractivity contribution is 5.89. The zero-order chi connectivity index (χ0) is 55.4. The van der Waals surface area contributed by atoms with E-state index in [4.69, 9.17) is 62.9 Å². The third kappa shape index (κ3) is 18.7. The van der Waals surface area contributed by atoms with Crippen LogP contribution in [0.1, 0.15) is 65.7 Å². The van der Waals surface area contributed by atoms with Gasteiger partial charge in [-0.3, -0.25) is 43.3 Å². The Morgan fingerprint density at radius 2 is 0.787 bits per heavy atom. The van der Waals surface area contributed by atoms with Crippen molar-refractivity contribution in [3.8, 4) is 63.2 Å². The Kier molecular flexibility index (Phi) is 20.8. The van der Waals surface area contributed by atoms with Crippen LogP contribution < -0.4 is 57.8 Å². The van der Waals surface area contributed by atoms with Gasteiger partial charge in [-0.1, -0.05) is 12.1 Å². The average molecular weight is 1040 g/mol. The standard InChI is InChI=1S/C36H33NO15.C11H10O6.C5H5N/c1-19(38)44-28-12-9-25(16-32(28)47-22(4)41)50-31-8-7-15-36(35(31)37,51-26-10-13-29(45-20(2)39)33(17-26)48-23(5)42)52-27-11-14-30(46-21(3)40)34(18-27)49-24(6)43;1-6(12)16-9-4-3-8(11(14)15)5-10(9)17-7(2)13;1-2-4-6-5-3-1/h7-18,35H,37H2,1-6H3;3-5H,1-2H3,(H,14,15);1-5H. The summed E-state index contributed by atoms with van der Waals surface area (Å²) < 4.78 is 59.5. The van der Waals surface area contributed by atoms with Crippen LogP contribution in [0, 0.1) is 0 Å². The number of carboxylic acids is 1. The van der Waals surface area contributed by atoms with E-state index in [1.165, 1.54) is 113 Å². The van der Waals surface area contributed by atoms with E-state index >= 15 is 0 Å². The number of allylic oxidation sites excluding steroid dienone is 2. The van der Waals surface area contributed by atoms with Gasteiger partial charge in [0, 0.05) is 92.1 Å². The lowest BCUT2D eigenvalue weighted by molar-refractivity contribution is -0.134. The normalized spacial score (nSPS) is 12.6. The molecule has 5 aromatic rings. The highest BCUT2D eigenvalue weighted by atomic mass is 16.7. The van der Waals surface area contributed by atoms with E-state index in [9.17, 15) is 43.2 Å². The average Bonchev–Trinajstić information content (AvgIpc) is 3.31. The molecule has 6 rings (SSSR count). The summed E-state index contributed by atoms with van der Waals surface area (Å²) in [6.07, 6.45) is 7.94. The van der Waals surface area contributed by atoms with Gasteiger partial charge in [0.25, 0.3) is 5.79 Å². The number of hydrogen-bond acceptors (Lipinski definition) is 22. The molecular formula is C52H48N2O21. The number of nitrogens with zero attached hydrogens (tertiary/aromatic N) is 1. The van der Waals surface area contributed by atoms with Gasteiger partial charge in [-0.05, 0) is 72.8 Å². The summed E-state index contributed by atoms with van der Waals surface area (Å²) in [6, 6.07) is 20.0. The summed E-state index contributed by atoms with van der Waals surface area (Å²) in [5.41, 5.74) is 6.71. The van der Waals surface area contributed by atoms with Crippen molar-refractivity contribution < 1.29 is 100 Å². The quantitative estimate of drug-likeness (QED) is 0.0636. The molecule has 23 heteroatoms. The van der Waals surface area contributed by atoms with Crippen molar-refractivity contribution in [3.63, 3.8) is 0 Å². The molecule has 3 N–H and O–H groups in total. The fraction of sp³-hybridized carbons (Fsp3) is 0.192. The Morgan fingerprint density at radius 1 is 0.453 bits per heavy atom. The Bertz CT molecular complexity index is 2910. The van der Waals surface area contributed by atoms with Gasteiger partial charge in [0.15, 0.2) is 46.0 Å². The van der Waals surface area contributed by atoms with Crippen LogP contribution in [-0.4, -0.2) is 75.6 Å². The van der Waals surface area contributed by atoms with E-state index in [1.807, 2.05) is 18.2 Å². The van der Waals surface area contributed by atoms with E-state index in [0.717, 1.165) is 33.8 Å². The van der Waals surface area contributed by atoms with Gasteiger partial charge >= 0.3 is 53.7 Å². The maximum Gasteiger partial charge on any atom is 0.335 e. The Hall–Kier alpha value is -9.90. The first-order chi connectivity index (χ1) is 35.4. The number of esters is 8. The number of nitrogens with two attached hydrogens (primary N) is 1. The number of hydrogen-bond donors (Lipinski definition) is 2. The predicted octanol–water partition coefficient (Wildman–Crippen LogP) is 6.57. The molecule has 0 saturated heterocycles. The molecule has 1 aliphatic rings. The van der Waals surface area contributed by atoms with Crippen molar-refractivity contribution in [3.05, 3.63) is 133 Å². The molecule has 0 spiro atoms. The van der Waals surface area contributed by atoms with Gasteiger partial charge in [-0.2, -0.15) is 0 Å². The predicted molar refractivity (Wildman–Crippen MR) is 257 cm³/mol. The monoisotopic (exact) mass is 1040 g/mol. The van der Waals surface area contributed by atoms with Gasteiger partial charge in [0.1, 0.15) is 29.0 Å². The Labute approximate surface area is 427 Å². The summed E-state index contributed by atoms with van der Waals surface area (Å²) in [5.74, 6) is -9.12. The first-order valence-electron chi connectivity index (χ1n) is 21.8. The molecule has 0 bridgehead atoms. The van der Waals surface area contributed by atoms with Crippen molar-refractivity contribution in [2.45, 2.75) is 67.2 Å². The van der Waals surface area contributed by atoms with E-state index in [2.05, 4.69) is 4.98 Å². The van der Waals surface area contributed by atoms with Gasteiger partial charge < -0.3 is 62.9 Å². The first kappa shape index (κ1) is 57.7. The largest absolute Gasteiger partial charge is 0.478 e. The van der Waals surface area contributed by atoms with Crippen molar-refractivity contribution >= 4 is 53.7 Å². The number of carboxylic acid groups (broad SMARTS) is 1. The zero-order valence-corrected chi connectivity index (χ0v) is 41.3. The SMILES string of the molecule is CC(=O)Oc1ccc(C(=O)O)cc1OC(C)=O.CC(=O)Oc1ccc(OC2=CC=CC(Oc3ccc(OC(C)=O)c(OC(C)=O)c3)(Oc3ccc(OC(C)=O)c(OC(C)=O)c3)C2N)cc1OC(C)=O.c1ccncc1. The van der Waals surface area contributed by atoms with Gasteiger partial charge in [-0.25, -0.2) is 4.79 Å². The molecule has 75 heavy (non-hydrogen) atoms. The second kappa shape index (κ2) is 27.1.